The number of aryl methyl sites for hydroxylation is 1. The third kappa shape index (κ3) is 5.29. The predicted octanol–water partition coefficient (Wildman–Crippen LogP) is 4.81. The van der Waals surface area contributed by atoms with Gasteiger partial charge in [-0.3, -0.25) is 9.10 Å². The monoisotopic (exact) mass is 454 g/mol. The summed E-state index contributed by atoms with van der Waals surface area (Å²) in [6.07, 6.45) is 1.94. The summed E-state index contributed by atoms with van der Waals surface area (Å²) in [6, 6.07) is 21.5. The van der Waals surface area contributed by atoms with E-state index in [0.717, 1.165) is 10.5 Å². The Morgan fingerprint density at radius 3 is 2.00 bits per heavy atom. The lowest BCUT2D eigenvalue weighted by Gasteiger charge is -2.21. The largest absolute Gasteiger partial charge is 0.337 e. The minimum Gasteiger partial charge on any atom is -0.337 e. The van der Waals surface area contributed by atoms with Crippen LogP contribution in [0.4, 0.5) is 5.69 Å². The molecule has 0 N–H and O–H groups in total. The van der Waals surface area contributed by atoms with Gasteiger partial charge in [-0.15, -0.1) is 11.8 Å². The molecule has 0 bridgehead atoms. The summed E-state index contributed by atoms with van der Waals surface area (Å²) >= 11 is 1.56. The smallest absolute Gasteiger partial charge is 0.264 e. The van der Waals surface area contributed by atoms with Crippen molar-refractivity contribution in [3.05, 3.63) is 89.5 Å². The predicted molar refractivity (Wildman–Crippen MR) is 127 cm³/mol. The molecule has 0 atom stereocenters. The van der Waals surface area contributed by atoms with E-state index in [-0.39, 0.29) is 10.8 Å². The van der Waals surface area contributed by atoms with E-state index in [1.165, 1.54) is 16.9 Å². The number of amides is 1. The SMILES string of the molecule is CSc1ccc(S(=O)(=O)N(C)c2ccc(C(=O)N(C)Cc3ccc(C)cc3)cc2)cc1. The quantitative estimate of drug-likeness (QED) is 0.481. The second-order valence-corrected chi connectivity index (χ2v) is 10.2. The molecule has 1 amide bonds. The zero-order valence-corrected chi connectivity index (χ0v) is 19.7. The summed E-state index contributed by atoms with van der Waals surface area (Å²) in [7, 11) is -0.415. The van der Waals surface area contributed by atoms with Gasteiger partial charge in [0.1, 0.15) is 0 Å². The van der Waals surface area contributed by atoms with E-state index in [1.54, 1.807) is 72.2 Å². The third-order valence-corrected chi connectivity index (χ3v) is 7.63. The highest BCUT2D eigenvalue weighted by atomic mass is 32.2. The maximum Gasteiger partial charge on any atom is 0.264 e. The summed E-state index contributed by atoms with van der Waals surface area (Å²) in [4.78, 5) is 15.6. The molecule has 0 fully saturated rings. The van der Waals surface area contributed by atoms with Crippen molar-refractivity contribution in [2.75, 3.05) is 24.7 Å². The van der Waals surface area contributed by atoms with Gasteiger partial charge in [0, 0.05) is 31.1 Å². The Bertz CT molecular complexity index is 1140. The van der Waals surface area contributed by atoms with Crippen molar-refractivity contribution in [1.82, 2.24) is 4.90 Å². The fourth-order valence-electron chi connectivity index (χ4n) is 3.12. The molecule has 0 aliphatic carbocycles. The third-order valence-electron chi connectivity index (χ3n) is 5.08. The van der Waals surface area contributed by atoms with Crippen LogP contribution in [0.1, 0.15) is 21.5 Å². The van der Waals surface area contributed by atoms with Gasteiger partial charge in [-0.05, 0) is 67.3 Å². The topological polar surface area (TPSA) is 57.7 Å². The van der Waals surface area contributed by atoms with Crippen LogP contribution in [0.25, 0.3) is 0 Å². The van der Waals surface area contributed by atoms with E-state index >= 15 is 0 Å². The molecule has 0 saturated heterocycles. The normalized spacial score (nSPS) is 11.2. The van der Waals surface area contributed by atoms with Gasteiger partial charge in [0.2, 0.25) is 0 Å². The van der Waals surface area contributed by atoms with E-state index in [2.05, 4.69) is 0 Å². The maximum absolute atomic E-state index is 12.9. The van der Waals surface area contributed by atoms with Gasteiger partial charge < -0.3 is 4.90 Å². The molecule has 3 aromatic carbocycles. The van der Waals surface area contributed by atoms with Gasteiger partial charge >= 0.3 is 0 Å². The lowest BCUT2D eigenvalue weighted by molar-refractivity contribution is 0.0785. The minimum atomic E-state index is -3.68. The van der Waals surface area contributed by atoms with Gasteiger partial charge in [-0.25, -0.2) is 8.42 Å². The Labute approximate surface area is 188 Å². The van der Waals surface area contributed by atoms with Crippen LogP contribution in [0.3, 0.4) is 0 Å². The summed E-state index contributed by atoms with van der Waals surface area (Å²) in [6.45, 7) is 2.53. The van der Waals surface area contributed by atoms with Crippen LogP contribution in [-0.2, 0) is 16.6 Å². The van der Waals surface area contributed by atoms with Crippen LogP contribution < -0.4 is 4.31 Å². The average molecular weight is 455 g/mol. The number of hydrogen-bond donors (Lipinski definition) is 0. The number of anilines is 1. The van der Waals surface area contributed by atoms with Crippen molar-refractivity contribution in [2.24, 2.45) is 0 Å². The van der Waals surface area contributed by atoms with Gasteiger partial charge in [0.05, 0.1) is 10.6 Å². The van der Waals surface area contributed by atoms with Gasteiger partial charge in [0.15, 0.2) is 0 Å². The van der Waals surface area contributed by atoms with Gasteiger partial charge in [-0.1, -0.05) is 29.8 Å². The van der Waals surface area contributed by atoms with Crippen molar-refractivity contribution in [2.45, 2.75) is 23.3 Å². The zero-order chi connectivity index (χ0) is 22.6. The van der Waals surface area contributed by atoms with E-state index in [9.17, 15) is 13.2 Å². The zero-order valence-electron chi connectivity index (χ0n) is 18.1. The van der Waals surface area contributed by atoms with Gasteiger partial charge in [0.25, 0.3) is 15.9 Å². The number of hydrogen-bond acceptors (Lipinski definition) is 4. The first-order valence-electron chi connectivity index (χ1n) is 9.76. The number of thioether (sulfide) groups is 1. The lowest BCUT2D eigenvalue weighted by Crippen LogP contribution is -2.27. The molecule has 0 spiro atoms. The maximum atomic E-state index is 12.9. The Morgan fingerprint density at radius 2 is 1.45 bits per heavy atom. The summed E-state index contributed by atoms with van der Waals surface area (Å²) in [5.74, 6) is -0.120. The Kier molecular flexibility index (Phi) is 7.08. The molecule has 0 saturated carbocycles. The number of benzene rings is 3. The second-order valence-electron chi connectivity index (χ2n) is 7.34. The molecule has 0 aliphatic heterocycles. The van der Waals surface area contributed by atoms with Gasteiger partial charge in [-0.2, -0.15) is 0 Å². The molecule has 3 aromatic rings. The van der Waals surface area contributed by atoms with Crippen LogP contribution in [-0.4, -0.2) is 39.6 Å². The van der Waals surface area contributed by atoms with Crippen LogP contribution in [0.15, 0.2) is 82.6 Å². The Balaban J connectivity index is 1.73. The molecule has 7 heteroatoms. The highest BCUT2D eigenvalue weighted by Crippen LogP contribution is 2.24. The van der Waals surface area contributed by atoms with Crippen molar-refractivity contribution < 1.29 is 13.2 Å². The van der Waals surface area contributed by atoms with Crippen LogP contribution >= 0.6 is 11.8 Å². The molecular formula is C24H26N2O3S2. The van der Waals surface area contributed by atoms with Crippen molar-refractivity contribution in [3.8, 4) is 0 Å². The Hall–Kier alpha value is -2.77. The number of nitrogens with zero attached hydrogens (tertiary/aromatic N) is 2. The standard InChI is InChI=1S/C24H26N2O3S2/c1-18-5-7-19(8-6-18)17-25(2)24(27)20-9-11-21(12-10-20)26(3)31(28,29)23-15-13-22(30-4)14-16-23/h5-16H,17H2,1-4H3. The first kappa shape index (κ1) is 22.9. The molecule has 162 valence electrons. The van der Waals surface area contributed by atoms with E-state index in [4.69, 9.17) is 0 Å². The second kappa shape index (κ2) is 9.58. The van der Waals surface area contributed by atoms with E-state index in [1.807, 2.05) is 37.4 Å². The molecule has 5 nitrogen and oxygen atoms in total. The van der Waals surface area contributed by atoms with E-state index < -0.39 is 10.0 Å². The van der Waals surface area contributed by atoms with E-state index in [0.29, 0.717) is 17.8 Å². The van der Waals surface area contributed by atoms with Crippen LogP contribution in [0.2, 0.25) is 0 Å². The van der Waals surface area contributed by atoms with Crippen molar-refractivity contribution in [1.29, 1.82) is 0 Å². The van der Waals surface area contributed by atoms with Crippen LogP contribution in [0, 0.1) is 6.92 Å². The van der Waals surface area contributed by atoms with Crippen LogP contribution in [0.5, 0.6) is 0 Å². The Morgan fingerprint density at radius 1 is 0.871 bits per heavy atom. The minimum absolute atomic E-state index is 0.120. The fourth-order valence-corrected chi connectivity index (χ4v) is 4.72. The highest BCUT2D eigenvalue weighted by Gasteiger charge is 2.22. The van der Waals surface area contributed by atoms with Crippen molar-refractivity contribution >= 4 is 33.4 Å². The first-order chi connectivity index (χ1) is 14.7. The molecule has 3 rings (SSSR count). The first-order valence-corrected chi connectivity index (χ1v) is 12.4. The molecule has 0 heterocycles. The number of rotatable bonds is 7. The summed E-state index contributed by atoms with van der Waals surface area (Å²) in [5, 5.41) is 0. The highest BCUT2D eigenvalue weighted by molar-refractivity contribution is 7.98. The fraction of sp³-hybridized carbons (Fsp3) is 0.208. The molecule has 0 aliphatic rings. The number of carbonyl (C=O) groups is 1. The lowest BCUT2D eigenvalue weighted by atomic mass is 10.1. The molecule has 0 aromatic heterocycles. The number of carbonyl (C=O) groups excluding carboxylic acids is 1. The van der Waals surface area contributed by atoms with Crippen molar-refractivity contribution in [3.63, 3.8) is 0 Å². The molecule has 0 unspecified atom stereocenters. The molecule has 0 radical (unpaired) electrons. The summed E-state index contributed by atoms with van der Waals surface area (Å²) < 4.78 is 27.1. The number of sulfonamides is 1. The molecular weight excluding hydrogens is 428 g/mol. The average Bonchev–Trinajstić information content (AvgIpc) is 2.79. The molecule has 31 heavy (non-hydrogen) atoms. The summed E-state index contributed by atoms with van der Waals surface area (Å²) in [5.41, 5.74) is 3.23.